The maximum Gasteiger partial charge on any atom is 0.306 e. The summed E-state index contributed by atoms with van der Waals surface area (Å²) < 4.78 is 5.09. The van der Waals surface area contributed by atoms with Crippen molar-refractivity contribution in [1.82, 2.24) is 4.90 Å². The molecule has 2 heterocycles. The molecule has 0 radical (unpaired) electrons. The number of carbonyl (C=O) groups is 1. The smallest absolute Gasteiger partial charge is 0.306 e. The van der Waals surface area contributed by atoms with Gasteiger partial charge in [0.15, 0.2) is 0 Å². The molecule has 3 atom stereocenters. The Bertz CT molecular complexity index is 301. The summed E-state index contributed by atoms with van der Waals surface area (Å²) in [5.74, 6) is 1.37. The lowest BCUT2D eigenvalue weighted by molar-refractivity contribution is -0.146. The van der Waals surface area contributed by atoms with E-state index in [9.17, 15) is 4.79 Å². The molecule has 2 aliphatic heterocycles. The maximum atomic E-state index is 11.6. The zero-order valence-corrected chi connectivity index (χ0v) is 10.7. The van der Waals surface area contributed by atoms with E-state index in [2.05, 4.69) is 4.90 Å². The average molecular weight is 237 g/mol. The Morgan fingerprint density at radius 3 is 2.59 bits per heavy atom. The molecule has 2 saturated carbocycles. The number of ether oxygens (including phenoxy) is 1. The molecule has 0 aromatic carbocycles. The fourth-order valence-corrected chi connectivity index (χ4v) is 3.80. The first-order valence-electron chi connectivity index (χ1n) is 7.19. The van der Waals surface area contributed by atoms with Gasteiger partial charge in [0.25, 0.3) is 0 Å². The first-order valence-corrected chi connectivity index (χ1v) is 7.19. The van der Waals surface area contributed by atoms with E-state index in [-0.39, 0.29) is 5.97 Å². The van der Waals surface area contributed by atoms with Crippen LogP contribution in [-0.2, 0) is 9.53 Å². The highest BCUT2D eigenvalue weighted by atomic mass is 16.5. The maximum absolute atomic E-state index is 11.6. The van der Waals surface area contributed by atoms with E-state index in [1.54, 1.807) is 0 Å². The summed E-state index contributed by atoms with van der Waals surface area (Å²) in [6, 6.07) is 1.67. The van der Waals surface area contributed by atoms with E-state index in [0.29, 0.717) is 18.9 Å². The van der Waals surface area contributed by atoms with Crippen LogP contribution in [0.1, 0.15) is 45.4 Å². The fraction of sp³-hybridized carbons (Fsp3) is 0.929. The molecule has 2 bridgehead atoms. The lowest BCUT2D eigenvalue weighted by Gasteiger charge is -2.49. The van der Waals surface area contributed by atoms with E-state index in [1.165, 1.54) is 38.6 Å². The number of piperidine rings is 2. The Hall–Kier alpha value is -0.570. The van der Waals surface area contributed by atoms with Gasteiger partial charge in [-0.2, -0.15) is 0 Å². The molecule has 17 heavy (non-hydrogen) atoms. The highest BCUT2D eigenvalue weighted by Gasteiger charge is 2.45. The molecule has 3 nitrogen and oxygen atoms in total. The topological polar surface area (TPSA) is 29.5 Å². The van der Waals surface area contributed by atoms with Gasteiger partial charge in [0.1, 0.15) is 0 Å². The SMILES string of the molecule is CCOC(=O)CC1CC2CCC1CN2C1CC1. The van der Waals surface area contributed by atoms with Crippen LogP contribution in [0.4, 0.5) is 0 Å². The van der Waals surface area contributed by atoms with E-state index in [0.717, 1.165) is 18.0 Å². The quantitative estimate of drug-likeness (QED) is 0.702. The van der Waals surface area contributed by atoms with Crippen LogP contribution in [-0.4, -0.2) is 36.1 Å². The van der Waals surface area contributed by atoms with Crippen molar-refractivity contribution < 1.29 is 9.53 Å². The van der Waals surface area contributed by atoms with Gasteiger partial charge >= 0.3 is 5.97 Å². The molecule has 4 fully saturated rings. The minimum Gasteiger partial charge on any atom is -0.466 e. The highest BCUT2D eigenvalue weighted by Crippen LogP contribution is 2.45. The van der Waals surface area contributed by atoms with E-state index in [4.69, 9.17) is 4.74 Å². The first-order chi connectivity index (χ1) is 8.28. The number of hydrogen-bond donors (Lipinski definition) is 0. The van der Waals surface area contributed by atoms with E-state index in [1.807, 2.05) is 6.92 Å². The Morgan fingerprint density at radius 1 is 1.24 bits per heavy atom. The lowest BCUT2D eigenvalue weighted by atomic mass is 9.70. The Balaban J connectivity index is 1.57. The molecule has 2 aliphatic carbocycles. The van der Waals surface area contributed by atoms with Gasteiger partial charge in [-0.05, 0) is 50.9 Å². The van der Waals surface area contributed by atoms with Crippen molar-refractivity contribution in [2.75, 3.05) is 13.2 Å². The molecular weight excluding hydrogens is 214 g/mol. The summed E-state index contributed by atoms with van der Waals surface area (Å²) in [5, 5.41) is 0. The molecule has 0 spiro atoms. The molecule has 2 saturated heterocycles. The monoisotopic (exact) mass is 237 g/mol. The molecular formula is C14H23NO2. The summed E-state index contributed by atoms with van der Waals surface area (Å²) in [6.07, 6.45) is 7.41. The van der Waals surface area contributed by atoms with Gasteiger partial charge in [0, 0.05) is 25.0 Å². The first kappa shape index (κ1) is 11.5. The summed E-state index contributed by atoms with van der Waals surface area (Å²) in [7, 11) is 0. The van der Waals surface area contributed by atoms with Crippen LogP contribution in [0, 0.1) is 11.8 Å². The van der Waals surface area contributed by atoms with Gasteiger partial charge in [-0.15, -0.1) is 0 Å². The molecule has 0 amide bonds. The van der Waals surface area contributed by atoms with Crippen LogP contribution in [0.25, 0.3) is 0 Å². The molecule has 0 aromatic heterocycles. The normalized spacial score (nSPS) is 37.1. The summed E-state index contributed by atoms with van der Waals surface area (Å²) in [4.78, 5) is 14.3. The van der Waals surface area contributed by atoms with E-state index >= 15 is 0 Å². The predicted octanol–water partition coefficient (Wildman–Crippen LogP) is 2.20. The van der Waals surface area contributed by atoms with Gasteiger partial charge in [-0.25, -0.2) is 0 Å². The van der Waals surface area contributed by atoms with Gasteiger partial charge in [-0.1, -0.05) is 0 Å². The van der Waals surface area contributed by atoms with Crippen LogP contribution < -0.4 is 0 Å². The van der Waals surface area contributed by atoms with Crippen molar-refractivity contribution in [3.63, 3.8) is 0 Å². The van der Waals surface area contributed by atoms with Crippen LogP contribution in [0.3, 0.4) is 0 Å². The molecule has 96 valence electrons. The largest absolute Gasteiger partial charge is 0.466 e. The molecule has 0 N–H and O–H groups in total. The Morgan fingerprint density at radius 2 is 2.00 bits per heavy atom. The molecule has 4 aliphatic rings. The van der Waals surface area contributed by atoms with Gasteiger partial charge < -0.3 is 4.74 Å². The van der Waals surface area contributed by atoms with E-state index < -0.39 is 0 Å². The van der Waals surface area contributed by atoms with Crippen molar-refractivity contribution >= 4 is 5.97 Å². The zero-order chi connectivity index (χ0) is 11.8. The Kier molecular flexibility index (Phi) is 3.12. The van der Waals surface area contributed by atoms with Gasteiger partial charge in [0.05, 0.1) is 6.61 Å². The lowest BCUT2D eigenvalue weighted by Crippen LogP contribution is -2.53. The van der Waals surface area contributed by atoms with Crippen LogP contribution >= 0.6 is 0 Å². The predicted molar refractivity (Wildman–Crippen MR) is 65.6 cm³/mol. The summed E-state index contributed by atoms with van der Waals surface area (Å²) >= 11 is 0. The van der Waals surface area contributed by atoms with Crippen molar-refractivity contribution in [1.29, 1.82) is 0 Å². The highest BCUT2D eigenvalue weighted by molar-refractivity contribution is 5.69. The van der Waals surface area contributed by atoms with Crippen molar-refractivity contribution in [3.05, 3.63) is 0 Å². The summed E-state index contributed by atoms with van der Waals surface area (Å²) in [6.45, 7) is 3.66. The molecule has 3 unspecified atom stereocenters. The third-order valence-electron chi connectivity index (χ3n) is 4.78. The summed E-state index contributed by atoms with van der Waals surface area (Å²) in [5.41, 5.74) is 0. The second kappa shape index (κ2) is 4.60. The average Bonchev–Trinajstić information content (AvgIpc) is 3.14. The van der Waals surface area contributed by atoms with Gasteiger partial charge in [-0.3, -0.25) is 9.69 Å². The number of esters is 1. The van der Waals surface area contributed by atoms with Crippen LogP contribution in [0.5, 0.6) is 0 Å². The van der Waals surface area contributed by atoms with Gasteiger partial charge in [0.2, 0.25) is 0 Å². The second-order valence-corrected chi connectivity index (χ2v) is 5.92. The van der Waals surface area contributed by atoms with Crippen LogP contribution in [0.15, 0.2) is 0 Å². The Labute approximate surface area is 104 Å². The number of rotatable bonds is 4. The van der Waals surface area contributed by atoms with Crippen molar-refractivity contribution in [2.24, 2.45) is 11.8 Å². The molecule has 0 aromatic rings. The van der Waals surface area contributed by atoms with Crippen molar-refractivity contribution in [2.45, 2.75) is 57.5 Å². The number of hydrogen-bond acceptors (Lipinski definition) is 3. The van der Waals surface area contributed by atoms with Crippen molar-refractivity contribution in [3.8, 4) is 0 Å². The third kappa shape index (κ3) is 2.35. The molecule has 4 rings (SSSR count). The standard InChI is InChI=1S/C14H23NO2/c1-2-17-14(16)8-11-7-13-4-3-10(11)9-15(13)12-5-6-12/h10-13H,2-9H2,1H3. The fourth-order valence-electron chi connectivity index (χ4n) is 3.80. The zero-order valence-electron chi connectivity index (χ0n) is 10.7. The second-order valence-electron chi connectivity index (χ2n) is 5.92. The third-order valence-corrected chi connectivity index (χ3v) is 4.78. The number of nitrogens with zero attached hydrogens (tertiary/aromatic N) is 1. The minimum absolute atomic E-state index is 0.0167. The van der Waals surface area contributed by atoms with Crippen LogP contribution in [0.2, 0.25) is 0 Å². The molecule has 3 heteroatoms. The number of carbonyl (C=O) groups excluding carboxylic acids is 1. The minimum atomic E-state index is 0.0167. The number of fused-ring (bicyclic) bond motifs is 3.